The maximum Gasteiger partial charge on any atom is 0.296 e. The molecular weight excluding hydrogens is 343 g/mol. The quantitative estimate of drug-likeness (QED) is 0.679. The van der Waals surface area contributed by atoms with Crippen molar-refractivity contribution in [3.8, 4) is 11.8 Å². The maximum absolute atomic E-state index is 11.8. The third-order valence-corrected chi connectivity index (χ3v) is 4.30. The number of halogens is 2. The zero-order chi connectivity index (χ0) is 16.9. The number of aromatic nitrogens is 1. The lowest BCUT2D eigenvalue weighted by atomic mass is 10.1. The van der Waals surface area contributed by atoms with Crippen molar-refractivity contribution < 1.29 is 4.79 Å². The molecule has 5 heteroatoms. The van der Waals surface area contributed by atoms with Gasteiger partial charge in [0, 0.05) is 35.1 Å². The first-order chi connectivity index (χ1) is 11.6. The number of fused-ring (bicyclic) bond motifs is 1. The number of H-pyrrole nitrogens is 1. The molecule has 0 atom stereocenters. The molecular formula is C19H14Cl2N2O. The van der Waals surface area contributed by atoms with Gasteiger partial charge in [0.2, 0.25) is 0 Å². The van der Waals surface area contributed by atoms with E-state index in [0.717, 1.165) is 22.0 Å². The molecule has 1 amide bonds. The normalized spacial score (nSPS) is 10.2. The highest BCUT2D eigenvalue weighted by atomic mass is 35.5. The number of hydrogen-bond acceptors (Lipinski definition) is 1. The molecule has 2 N–H and O–H groups in total. The van der Waals surface area contributed by atoms with Crippen molar-refractivity contribution in [2.75, 3.05) is 6.54 Å². The van der Waals surface area contributed by atoms with Crippen LogP contribution in [0.25, 0.3) is 10.9 Å². The number of amides is 1. The molecule has 120 valence electrons. The van der Waals surface area contributed by atoms with E-state index in [2.05, 4.69) is 22.1 Å². The van der Waals surface area contributed by atoms with E-state index in [1.54, 1.807) is 12.1 Å². The van der Waals surface area contributed by atoms with Gasteiger partial charge in [-0.2, -0.15) is 0 Å². The minimum atomic E-state index is -0.302. The Hall–Kier alpha value is -2.41. The summed E-state index contributed by atoms with van der Waals surface area (Å²) in [5.74, 6) is 5.18. The molecule has 0 saturated heterocycles. The number of aromatic amines is 1. The Balaban J connectivity index is 1.55. The molecule has 0 saturated carbocycles. The summed E-state index contributed by atoms with van der Waals surface area (Å²) in [6, 6.07) is 13.2. The second-order valence-electron chi connectivity index (χ2n) is 5.28. The molecule has 24 heavy (non-hydrogen) atoms. The van der Waals surface area contributed by atoms with Crippen LogP contribution in [0.2, 0.25) is 10.0 Å². The lowest BCUT2D eigenvalue weighted by molar-refractivity contribution is -0.115. The summed E-state index contributed by atoms with van der Waals surface area (Å²) in [5, 5.41) is 4.88. The third kappa shape index (κ3) is 4.11. The van der Waals surface area contributed by atoms with Crippen LogP contribution >= 0.6 is 23.2 Å². The van der Waals surface area contributed by atoms with Crippen LogP contribution in [-0.2, 0) is 11.2 Å². The second kappa shape index (κ2) is 7.44. The number of hydrogen-bond donors (Lipinski definition) is 2. The SMILES string of the molecule is O=C(C#Cc1ccc2[nH]ccc2c1)NCCc1ccc(Cl)c(Cl)c1. The number of rotatable bonds is 3. The largest absolute Gasteiger partial charge is 0.361 e. The fourth-order valence-electron chi connectivity index (χ4n) is 2.32. The first-order valence-corrected chi connectivity index (χ1v) is 8.18. The molecule has 0 fully saturated rings. The van der Waals surface area contributed by atoms with Gasteiger partial charge in [-0.1, -0.05) is 35.2 Å². The highest BCUT2D eigenvalue weighted by molar-refractivity contribution is 6.42. The van der Waals surface area contributed by atoms with Gasteiger partial charge in [-0.25, -0.2) is 0 Å². The second-order valence-corrected chi connectivity index (χ2v) is 6.10. The highest BCUT2D eigenvalue weighted by Crippen LogP contribution is 2.22. The molecule has 0 bridgehead atoms. The van der Waals surface area contributed by atoms with Gasteiger partial charge in [-0.05, 0) is 48.4 Å². The monoisotopic (exact) mass is 356 g/mol. The maximum atomic E-state index is 11.8. The average molecular weight is 357 g/mol. The van der Waals surface area contributed by atoms with E-state index < -0.39 is 0 Å². The Bertz CT molecular complexity index is 951. The summed E-state index contributed by atoms with van der Waals surface area (Å²) < 4.78 is 0. The standard InChI is InChI=1S/C19H14Cl2N2O/c20-16-4-1-14(12-17(16)21)7-9-23-19(24)6-3-13-2-5-18-15(11-13)8-10-22-18/h1-2,4-5,8,10-12,22H,7,9H2,(H,23,24). The fraction of sp³-hybridized carbons (Fsp3) is 0.105. The molecule has 3 rings (SSSR count). The summed E-state index contributed by atoms with van der Waals surface area (Å²) in [4.78, 5) is 14.9. The summed E-state index contributed by atoms with van der Waals surface area (Å²) in [6.45, 7) is 0.488. The Morgan fingerprint density at radius 1 is 1.08 bits per heavy atom. The van der Waals surface area contributed by atoms with Crippen molar-refractivity contribution >= 4 is 40.0 Å². The predicted molar refractivity (Wildman–Crippen MR) is 98.4 cm³/mol. The zero-order valence-corrected chi connectivity index (χ0v) is 14.2. The number of carbonyl (C=O) groups excluding carboxylic acids is 1. The Morgan fingerprint density at radius 3 is 2.79 bits per heavy atom. The van der Waals surface area contributed by atoms with E-state index in [1.807, 2.05) is 36.5 Å². The molecule has 0 aliphatic rings. The van der Waals surface area contributed by atoms with Crippen LogP contribution < -0.4 is 5.32 Å². The summed E-state index contributed by atoms with van der Waals surface area (Å²) in [6.07, 6.45) is 2.54. The van der Waals surface area contributed by atoms with Crippen LogP contribution in [0.5, 0.6) is 0 Å². The van der Waals surface area contributed by atoms with Crippen molar-refractivity contribution in [3.05, 3.63) is 69.8 Å². The molecule has 3 nitrogen and oxygen atoms in total. The number of benzene rings is 2. The lowest BCUT2D eigenvalue weighted by Crippen LogP contribution is -2.24. The Labute approximate surface area is 150 Å². The first kappa shape index (κ1) is 16.4. The predicted octanol–water partition coefficient (Wildman–Crippen LogP) is 4.19. The van der Waals surface area contributed by atoms with E-state index in [1.165, 1.54) is 0 Å². The van der Waals surface area contributed by atoms with Crippen LogP contribution in [-0.4, -0.2) is 17.4 Å². The molecule has 0 radical (unpaired) electrons. The zero-order valence-electron chi connectivity index (χ0n) is 12.7. The number of nitrogens with one attached hydrogen (secondary N) is 2. The molecule has 0 unspecified atom stereocenters. The minimum Gasteiger partial charge on any atom is -0.361 e. The first-order valence-electron chi connectivity index (χ1n) is 7.43. The fourth-order valence-corrected chi connectivity index (χ4v) is 2.64. The molecule has 1 aromatic heterocycles. The van der Waals surface area contributed by atoms with Crippen LogP contribution in [0.3, 0.4) is 0 Å². The van der Waals surface area contributed by atoms with Gasteiger partial charge in [0.05, 0.1) is 10.0 Å². The number of carbonyl (C=O) groups is 1. The van der Waals surface area contributed by atoms with E-state index in [9.17, 15) is 4.79 Å². The summed E-state index contributed by atoms with van der Waals surface area (Å²) in [5.41, 5.74) is 2.86. The minimum absolute atomic E-state index is 0.302. The Morgan fingerprint density at radius 2 is 1.96 bits per heavy atom. The topological polar surface area (TPSA) is 44.9 Å². The molecule has 0 aliphatic carbocycles. The molecule has 3 aromatic rings. The van der Waals surface area contributed by atoms with Gasteiger partial charge in [0.1, 0.15) is 0 Å². The van der Waals surface area contributed by atoms with Gasteiger partial charge < -0.3 is 10.3 Å². The van der Waals surface area contributed by atoms with Gasteiger partial charge in [-0.15, -0.1) is 0 Å². The van der Waals surface area contributed by atoms with Crippen molar-refractivity contribution in [3.63, 3.8) is 0 Å². The van der Waals surface area contributed by atoms with E-state index >= 15 is 0 Å². The van der Waals surface area contributed by atoms with Crippen molar-refractivity contribution in [2.24, 2.45) is 0 Å². The van der Waals surface area contributed by atoms with Crippen molar-refractivity contribution in [1.82, 2.24) is 10.3 Å². The van der Waals surface area contributed by atoms with E-state index in [0.29, 0.717) is 23.0 Å². The van der Waals surface area contributed by atoms with Gasteiger partial charge >= 0.3 is 0 Å². The summed E-state index contributed by atoms with van der Waals surface area (Å²) >= 11 is 11.8. The van der Waals surface area contributed by atoms with E-state index in [4.69, 9.17) is 23.2 Å². The Kier molecular flexibility index (Phi) is 5.10. The summed E-state index contributed by atoms with van der Waals surface area (Å²) in [7, 11) is 0. The van der Waals surface area contributed by atoms with Crippen LogP contribution in [0.1, 0.15) is 11.1 Å². The van der Waals surface area contributed by atoms with Crippen molar-refractivity contribution in [2.45, 2.75) is 6.42 Å². The van der Waals surface area contributed by atoms with Crippen LogP contribution in [0.15, 0.2) is 48.7 Å². The molecule has 0 spiro atoms. The van der Waals surface area contributed by atoms with Gasteiger partial charge in [0.15, 0.2) is 0 Å². The third-order valence-electron chi connectivity index (χ3n) is 3.56. The highest BCUT2D eigenvalue weighted by Gasteiger charge is 2.01. The van der Waals surface area contributed by atoms with Gasteiger partial charge in [-0.3, -0.25) is 4.79 Å². The molecule has 1 heterocycles. The lowest BCUT2D eigenvalue weighted by Gasteiger charge is -2.03. The van der Waals surface area contributed by atoms with Crippen molar-refractivity contribution in [1.29, 1.82) is 0 Å². The average Bonchev–Trinajstić information content (AvgIpc) is 3.04. The smallest absolute Gasteiger partial charge is 0.296 e. The molecule has 0 aliphatic heterocycles. The van der Waals surface area contributed by atoms with Gasteiger partial charge in [0.25, 0.3) is 5.91 Å². The molecule has 2 aromatic carbocycles. The van der Waals surface area contributed by atoms with Crippen LogP contribution in [0.4, 0.5) is 0 Å². The van der Waals surface area contributed by atoms with Crippen LogP contribution in [0, 0.1) is 11.8 Å². The van der Waals surface area contributed by atoms with E-state index in [-0.39, 0.29) is 5.91 Å².